The van der Waals surface area contributed by atoms with Gasteiger partial charge in [0.15, 0.2) is 0 Å². The van der Waals surface area contributed by atoms with Crippen molar-refractivity contribution in [2.24, 2.45) is 0 Å². The molecular weight excluding hydrogens is 234 g/mol. The van der Waals surface area contributed by atoms with Crippen molar-refractivity contribution in [2.45, 2.75) is 0 Å². The number of carbonyl (C=O) groups is 1. The largest absolute Gasteiger partial charge is 0.360 e. The van der Waals surface area contributed by atoms with Gasteiger partial charge in [0.25, 0.3) is 0 Å². The third kappa shape index (κ3) is 2.08. The third-order valence-corrected chi connectivity index (χ3v) is 3.08. The number of hydrogen-bond donors (Lipinski definition) is 1. The zero-order valence-electron chi connectivity index (χ0n) is 9.55. The van der Waals surface area contributed by atoms with Crippen LogP contribution in [0, 0.1) is 11.3 Å². The first-order valence-corrected chi connectivity index (χ1v) is 5.97. The Labute approximate surface area is 106 Å². The Hall–Kier alpha value is -1.67. The summed E-state index contributed by atoms with van der Waals surface area (Å²) < 4.78 is 0. The first-order chi connectivity index (χ1) is 8.17. The monoisotopic (exact) mass is 247 g/mol. The second kappa shape index (κ2) is 4.68. The maximum Gasteiger partial charge on any atom is 0.246 e. The zero-order valence-corrected chi connectivity index (χ0v) is 10.4. The van der Waals surface area contributed by atoms with E-state index in [1.165, 1.54) is 0 Å². The topological polar surface area (TPSA) is 47.3 Å². The lowest BCUT2D eigenvalue weighted by Crippen LogP contribution is -2.44. The fraction of sp³-hybridized carbons (Fsp3) is 0.333. The van der Waals surface area contributed by atoms with E-state index in [1.807, 2.05) is 17.0 Å². The SMILES string of the molecule is CN1C(=O)CN(CCS)c2cc(C#N)ccc21. The van der Waals surface area contributed by atoms with Gasteiger partial charge >= 0.3 is 0 Å². The van der Waals surface area contributed by atoms with Gasteiger partial charge in [0.05, 0.1) is 29.6 Å². The molecule has 17 heavy (non-hydrogen) atoms. The van der Waals surface area contributed by atoms with E-state index in [4.69, 9.17) is 5.26 Å². The van der Waals surface area contributed by atoms with E-state index in [0.29, 0.717) is 24.4 Å². The van der Waals surface area contributed by atoms with Crippen LogP contribution in [-0.4, -0.2) is 31.8 Å². The van der Waals surface area contributed by atoms with Gasteiger partial charge in [-0.25, -0.2) is 0 Å². The van der Waals surface area contributed by atoms with Gasteiger partial charge in [-0.3, -0.25) is 4.79 Å². The van der Waals surface area contributed by atoms with Crippen LogP contribution in [0.2, 0.25) is 0 Å². The van der Waals surface area contributed by atoms with Crippen molar-refractivity contribution >= 4 is 29.9 Å². The Morgan fingerprint density at radius 3 is 2.88 bits per heavy atom. The summed E-state index contributed by atoms with van der Waals surface area (Å²) in [7, 11) is 1.76. The standard InChI is InChI=1S/C12H13N3OS/c1-14-10-3-2-9(7-13)6-11(10)15(4-5-17)8-12(14)16/h2-3,6,17H,4-5,8H2,1H3. The second-order valence-electron chi connectivity index (χ2n) is 3.91. The fourth-order valence-corrected chi connectivity index (χ4v) is 2.18. The molecule has 0 saturated heterocycles. The van der Waals surface area contributed by atoms with Gasteiger partial charge < -0.3 is 9.80 Å². The van der Waals surface area contributed by atoms with Crippen molar-refractivity contribution in [2.75, 3.05) is 35.7 Å². The van der Waals surface area contributed by atoms with Crippen molar-refractivity contribution < 1.29 is 4.79 Å². The molecule has 5 heteroatoms. The van der Waals surface area contributed by atoms with E-state index in [2.05, 4.69) is 18.7 Å². The molecule has 0 spiro atoms. The minimum absolute atomic E-state index is 0.0593. The minimum Gasteiger partial charge on any atom is -0.360 e. The lowest BCUT2D eigenvalue weighted by molar-refractivity contribution is -0.117. The van der Waals surface area contributed by atoms with Crippen molar-refractivity contribution in [3.05, 3.63) is 23.8 Å². The third-order valence-electron chi connectivity index (χ3n) is 2.88. The average Bonchev–Trinajstić information content (AvgIpc) is 2.35. The number of likely N-dealkylation sites (N-methyl/N-ethyl adjacent to an activating group) is 1. The summed E-state index contributed by atoms with van der Waals surface area (Å²) >= 11 is 4.19. The summed E-state index contributed by atoms with van der Waals surface area (Å²) in [6.45, 7) is 1.05. The molecule has 0 unspecified atom stereocenters. The number of thiol groups is 1. The van der Waals surface area contributed by atoms with Crippen LogP contribution >= 0.6 is 12.6 Å². The molecule has 0 atom stereocenters. The number of amides is 1. The molecule has 1 aromatic rings. The molecule has 0 bridgehead atoms. The molecule has 0 radical (unpaired) electrons. The van der Waals surface area contributed by atoms with Crippen molar-refractivity contribution in [1.29, 1.82) is 5.26 Å². The van der Waals surface area contributed by atoms with Gasteiger partial charge in [-0.2, -0.15) is 17.9 Å². The van der Waals surface area contributed by atoms with Crippen LogP contribution in [0.3, 0.4) is 0 Å². The van der Waals surface area contributed by atoms with Crippen molar-refractivity contribution in [3.63, 3.8) is 0 Å². The number of nitriles is 1. The molecule has 88 valence electrons. The molecule has 0 saturated carbocycles. The Kier molecular flexibility index (Phi) is 3.25. The van der Waals surface area contributed by atoms with Crippen LogP contribution in [0.25, 0.3) is 0 Å². The maximum atomic E-state index is 11.8. The number of carbonyl (C=O) groups excluding carboxylic acids is 1. The average molecular weight is 247 g/mol. The van der Waals surface area contributed by atoms with Gasteiger partial charge in [-0.05, 0) is 18.2 Å². The predicted octanol–water partition coefficient (Wildman–Crippen LogP) is 1.27. The summed E-state index contributed by atoms with van der Waals surface area (Å²) in [6, 6.07) is 7.48. The fourth-order valence-electron chi connectivity index (χ4n) is 1.94. The molecule has 1 amide bonds. The molecule has 1 aliphatic heterocycles. The van der Waals surface area contributed by atoms with Gasteiger partial charge in [0.2, 0.25) is 5.91 Å². The van der Waals surface area contributed by atoms with Crippen LogP contribution in [-0.2, 0) is 4.79 Å². The first-order valence-electron chi connectivity index (χ1n) is 5.34. The first kappa shape index (κ1) is 11.8. The number of benzene rings is 1. The molecule has 0 aromatic heterocycles. The molecule has 0 aliphatic carbocycles. The van der Waals surface area contributed by atoms with E-state index < -0.39 is 0 Å². The van der Waals surface area contributed by atoms with Crippen LogP contribution in [0.4, 0.5) is 11.4 Å². The van der Waals surface area contributed by atoms with Crippen LogP contribution < -0.4 is 9.80 Å². The van der Waals surface area contributed by atoms with E-state index in [1.54, 1.807) is 18.0 Å². The van der Waals surface area contributed by atoms with Crippen LogP contribution in [0.1, 0.15) is 5.56 Å². The Morgan fingerprint density at radius 2 is 2.24 bits per heavy atom. The Bertz CT molecular complexity index is 495. The molecule has 1 aromatic carbocycles. The van der Waals surface area contributed by atoms with E-state index in [0.717, 1.165) is 11.4 Å². The quantitative estimate of drug-likeness (QED) is 0.801. The summed E-state index contributed by atoms with van der Waals surface area (Å²) in [5.74, 6) is 0.733. The smallest absolute Gasteiger partial charge is 0.246 e. The highest BCUT2D eigenvalue weighted by Crippen LogP contribution is 2.33. The number of anilines is 2. The molecule has 2 rings (SSSR count). The number of hydrogen-bond acceptors (Lipinski definition) is 4. The second-order valence-corrected chi connectivity index (χ2v) is 4.36. The lowest BCUT2D eigenvalue weighted by Gasteiger charge is -2.35. The number of nitrogens with zero attached hydrogens (tertiary/aromatic N) is 3. The summed E-state index contributed by atoms with van der Waals surface area (Å²) in [5, 5.41) is 8.91. The highest BCUT2D eigenvalue weighted by molar-refractivity contribution is 7.80. The highest BCUT2D eigenvalue weighted by Gasteiger charge is 2.26. The maximum absolute atomic E-state index is 11.8. The minimum atomic E-state index is 0.0593. The molecule has 1 heterocycles. The predicted molar refractivity (Wildman–Crippen MR) is 70.6 cm³/mol. The molecule has 0 N–H and O–H groups in total. The van der Waals surface area contributed by atoms with Crippen molar-refractivity contribution in [1.82, 2.24) is 0 Å². The summed E-state index contributed by atoms with van der Waals surface area (Å²) in [5.41, 5.74) is 2.39. The van der Waals surface area contributed by atoms with E-state index >= 15 is 0 Å². The normalized spacial score (nSPS) is 14.5. The molecular formula is C12H13N3OS. The zero-order chi connectivity index (χ0) is 12.4. The van der Waals surface area contributed by atoms with Crippen LogP contribution in [0.15, 0.2) is 18.2 Å². The van der Waals surface area contributed by atoms with Gasteiger partial charge in [-0.1, -0.05) is 0 Å². The summed E-state index contributed by atoms with van der Waals surface area (Å²) in [4.78, 5) is 15.4. The highest BCUT2D eigenvalue weighted by atomic mass is 32.1. The number of rotatable bonds is 2. The Balaban J connectivity index is 2.49. The van der Waals surface area contributed by atoms with Crippen LogP contribution in [0.5, 0.6) is 0 Å². The summed E-state index contributed by atoms with van der Waals surface area (Å²) in [6.07, 6.45) is 0. The lowest BCUT2D eigenvalue weighted by atomic mass is 10.1. The van der Waals surface area contributed by atoms with Gasteiger partial charge in [0.1, 0.15) is 0 Å². The molecule has 1 aliphatic rings. The number of fused-ring (bicyclic) bond motifs is 1. The van der Waals surface area contributed by atoms with E-state index in [9.17, 15) is 4.79 Å². The molecule has 4 nitrogen and oxygen atoms in total. The van der Waals surface area contributed by atoms with Gasteiger partial charge in [0, 0.05) is 19.3 Å². The van der Waals surface area contributed by atoms with Crippen molar-refractivity contribution in [3.8, 4) is 6.07 Å². The Morgan fingerprint density at radius 1 is 1.47 bits per heavy atom. The van der Waals surface area contributed by atoms with Gasteiger partial charge in [-0.15, -0.1) is 0 Å². The molecule has 0 fully saturated rings. The van der Waals surface area contributed by atoms with E-state index in [-0.39, 0.29) is 5.91 Å².